The van der Waals surface area contributed by atoms with E-state index in [2.05, 4.69) is 11.0 Å². The van der Waals surface area contributed by atoms with Gasteiger partial charge in [-0.2, -0.15) is 0 Å². The number of hydrogen-bond donors (Lipinski definition) is 0. The smallest absolute Gasteiger partial charge is 0.224 e. The van der Waals surface area contributed by atoms with Crippen LogP contribution in [0, 0.1) is 0 Å². The molecule has 0 spiro atoms. The first-order chi connectivity index (χ1) is 10.8. The molecule has 1 aromatic heterocycles. The number of benzene rings is 1. The average molecular weight is 298 g/mol. The molecule has 0 bridgehead atoms. The minimum absolute atomic E-state index is 0.280. The minimum Gasteiger partial charge on any atom is -0.461 e. The lowest BCUT2D eigenvalue weighted by atomic mass is 10.0. The third-order valence-corrected chi connectivity index (χ3v) is 4.93. The maximum Gasteiger partial charge on any atom is 0.224 e. The summed E-state index contributed by atoms with van der Waals surface area (Å²) in [5.41, 5.74) is 2.15. The fraction of sp³-hybridized carbons (Fsp3) is 0.500. The monoisotopic (exact) mass is 298 g/mol. The number of amides is 1. The summed E-state index contributed by atoms with van der Waals surface area (Å²) in [6, 6.07) is 8.13. The number of hydrogen-bond acceptors (Lipinski definition) is 3. The van der Waals surface area contributed by atoms with Gasteiger partial charge < -0.3 is 14.2 Å². The molecule has 1 saturated heterocycles. The molecule has 0 unspecified atom stereocenters. The van der Waals surface area contributed by atoms with Crippen LogP contribution >= 0.6 is 0 Å². The SMILES string of the molecule is O=C(CCN1CCCC1)N1CCc2oc3ccccc3c2C1. The van der Waals surface area contributed by atoms with Crippen molar-refractivity contribution in [2.45, 2.75) is 32.2 Å². The Bertz CT molecular complexity index is 685. The summed E-state index contributed by atoms with van der Waals surface area (Å²) in [4.78, 5) is 16.9. The fourth-order valence-corrected chi connectivity index (χ4v) is 3.66. The molecule has 0 N–H and O–H groups in total. The number of fused-ring (bicyclic) bond motifs is 3. The third kappa shape index (κ3) is 2.52. The predicted octanol–water partition coefficient (Wildman–Crippen LogP) is 2.80. The molecule has 2 aromatic rings. The summed E-state index contributed by atoms with van der Waals surface area (Å²) >= 11 is 0. The Balaban J connectivity index is 1.45. The van der Waals surface area contributed by atoms with E-state index >= 15 is 0 Å². The van der Waals surface area contributed by atoms with Gasteiger partial charge >= 0.3 is 0 Å². The topological polar surface area (TPSA) is 36.7 Å². The van der Waals surface area contributed by atoms with Gasteiger partial charge in [-0.3, -0.25) is 4.79 Å². The highest BCUT2D eigenvalue weighted by Crippen LogP contribution is 2.30. The highest BCUT2D eigenvalue weighted by Gasteiger charge is 2.25. The van der Waals surface area contributed by atoms with Crippen molar-refractivity contribution in [2.75, 3.05) is 26.2 Å². The second-order valence-corrected chi connectivity index (χ2v) is 6.36. The largest absolute Gasteiger partial charge is 0.461 e. The summed E-state index contributed by atoms with van der Waals surface area (Å²) in [5, 5.41) is 1.16. The predicted molar refractivity (Wildman–Crippen MR) is 85.6 cm³/mol. The van der Waals surface area contributed by atoms with Crippen molar-refractivity contribution in [1.29, 1.82) is 0 Å². The van der Waals surface area contributed by atoms with Crippen LogP contribution in [0.2, 0.25) is 0 Å². The number of nitrogens with zero attached hydrogens (tertiary/aromatic N) is 2. The second-order valence-electron chi connectivity index (χ2n) is 6.36. The Morgan fingerprint density at radius 2 is 1.95 bits per heavy atom. The zero-order chi connectivity index (χ0) is 14.9. The number of rotatable bonds is 3. The molecule has 22 heavy (non-hydrogen) atoms. The van der Waals surface area contributed by atoms with Gasteiger partial charge in [0.2, 0.25) is 5.91 Å². The van der Waals surface area contributed by atoms with Crippen molar-refractivity contribution < 1.29 is 9.21 Å². The van der Waals surface area contributed by atoms with Crippen LogP contribution in [0.15, 0.2) is 28.7 Å². The standard InChI is InChI=1S/C18H22N2O2/c21-18(8-11-19-9-3-4-10-19)20-12-7-17-15(13-20)14-5-1-2-6-16(14)22-17/h1-2,5-6H,3-4,7-13H2. The van der Waals surface area contributed by atoms with E-state index < -0.39 is 0 Å². The molecule has 1 amide bonds. The molecule has 4 nitrogen and oxygen atoms in total. The summed E-state index contributed by atoms with van der Waals surface area (Å²) in [5.74, 6) is 1.34. The fourth-order valence-electron chi connectivity index (χ4n) is 3.66. The van der Waals surface area contributed by atoms with Crippen LogP contribution in [0.4, 0.5) is 0 Å². The van der Waals surface area contributed by atoms with Crippen LogP contribution in [-0.2, 0) is 17.8 Å². The zero-order valence-electron chi connectivity index (χ0n) is 12.9. The van der Waals surface area contributed by atoms with Crippen molar-refractivity contribution in [2.24, 2.45) is 0 Å². The molecular formula is C18H22N2O2. The van der Waals surface area contributed by atoms with Crippen LogP contribution in [-0.4, -0.2) is 41.9 Å². The summed E-state index contributed by atoms with van der Waals surface area (Å²) in [6.45, 7) is 4.71. The van der Waals surface area contributed by atoms with Gasteiger partial charge in [0.25, 0.3) is 0 Å². The van der Waals surface area contributed by atoms with Crippen molar-refractivity contribution >= 4 is 16.9 Å². The highest BCUT2D eigenvalue weighted by atomic mass is 16.3. The quantitative estimate of drug-likeness (QED) is 0.874. The lowest BCUT2D eigenvalue weighted by molar-refractivity contribution is -0.132. The Morgan fingerprint density at radius 3 is 2.82 bits per heavy atom. The second kappa shape index (κ2) is 5.76. The number of likely N-dealkylation sites (tertiary alicyclic amines) is 1. The van der Waals surface area contributed by atoms with Gasteiger partial charge in [0, 0.05) is 43.4 Å². The summed E-state index contributed by atoms with van der Waals surface area (Å²) in [7, 11) is 0. The van der Waals surface area contributed by atoms with E-state index in [-0.39, 0.29) is 5.91 Å². The molecule has 1 fully saturated rings. The summed E-state index contributed by atoms with van der Waals surface area (Å²) < 4.78 is 5.91. The van der Waals surface area contributed by atoms with Crippen molar-refractivity contribution in [1.82, 2.24) is 9.80 Å². The lowest BCUT2D eigenvalue weighted by Crippen LogP contribution is -2.37. The third-order valence-electron chi connectivity index (χ3n) is 4.93. The first kappa shape index (κ1) is 13.8. The lowest BCUT2D eigenvalue weighted by Gasteiger charge is -2.27. The Labute approximate surface area is 130 Å². The van der Waals surface area contributed by atoms with E-state index in [1.807, 2.05) is 23.1 Å². The van der Waals surface area contributed by atoms with Crippen molar-refractivity contribution in [3.05, 3.63) is 35.6 Å². The van der Waals surface area contributed by atoms with Crippen LogP contribution in [0.1, 0.15) is 30.6 Å². The van der Waals surface area contributed by atoms with Crippen LogP contribution in [0.5, 0.6) is 0 Å². The first-order valence-electron chi connectivity index (χ1n) is 8.31. The zero-order valence-corrected chi connectivity index (χ0v) is 12.9. The molecule has 4 heteroatoms. The van der Waals surface area contributed by atoms with Crippen LogP contribution in [0.3, 0.4) is 0 Å². The van der Waals surface area contributed by atoms with Gasteiger partial charge in [0.15, 0.2) is 0 Å². The Morgan fingerprint density at radius 1 is 1.14 bits per heavy atom. The van der Waals surface area contributed by atoms with Crippen LogP contribution < -0.4 is 0 Å². The van der Waals surface area contributed by atoms with Crippen LogP contribution in [0.25, 0.3) is 11.0 Å². The first-order valence-corrected chi connectivity index (χ1v) is 8.31. The van der Waals surface area contributed by atoms with Gasteiger partial charge in [0.1, 0.15) is 11.3 Å². The molecule has 0 atom stereocenters. The van der Waals surface area contributed by atoms with Gasteiger partial charge in [0.05, 0.1) is 0 Å². The molecule has 1 aromatic carbocycles. The summed E-state index contributed by atoms with van der Waals surface area (Å²) in [6.07, 6.45) is 4.04. The van der Waals surface area contributed by atoms with E-state index in [0.29, 0.717) is 13.0 Å². The number of carbonyl (C=O) groups is 1. The highest BCUT2D eigenvalue weighted by molar-refractivity contribution is 5.84. The molecule has 4 rings (SSSR count). The Hall–Kier alpha value is -1.81. The normalized spacial score (nSPS) is 18.8. The molecule has 0 saturated carbocycles. The van der Waals surface area contributed by atoms with Gasteiger partial charge in [-0.15, -0.1) is 0 Å². The maximum atomic E-state index is 12.5. The van der Waals surface area contributed by atoms with E-state index in [9.17, 15) is 4.79 Å². The van der Waals surface area contributed by atoms with E-state index in [0.717, 1.165) is 49.3 Å². The average Bonchev–Trinajstić information content (AvgIpc) is 3.19. The van der Waals surface area contributed by atoms with Gasteiger partial charge in [-0.1, -0.05) is 18.2 Å². The Kier molecular flexibility index (Phi) is 3.62. The molecule has 0 aliphatic carbocycles. The minimum atomic E-state index is 0.280. The van der Waals surface area contributed by atoms with E-state index in [4.69, 9.17) is 4.42 Å². The maximum absolute atomic E-state index is 12.5. The number of furan rings is 1. The number of para-hydroxylation sites is 1. The molecule has 116 valence electrons. The van der Waals surface area contributed by atoms with Gasteiger partial charge in [-0.05, 0) is 32.0 Å². The molecule has 3 heterocycles. The molecule has 2 aliphatic heterocycles. The number of carbonyl (C=O) groups excluding carboxylic acids is 1. The van der Waals surface area contributed by atoms with Gasteiger partial charge in [-0.25, -0.2) is 0 Å². The van der Waals surface area contributed by atoms with E-state index in [1.54, 1.807) is 0 Å². The molecule has 0 radical (unpaired) electrons. The molecule has 2 aliphatic rings. The van der Waals surface area contributed by atoms with E-state index in [1.165, 1.54) is 18.4 Å². The van der Waals surface area contributed by atoms with Crippen molar-refractivity contribution in [3.8, 4) is 0 Å². The molecular weight excluding hydrogens is 276 g/mol. The van der Waals surface area contributed by atoms with Crippen molar-refractivity contribution in [3.63, 3.8) is 0 Å².